The molecule has 0 aliphatic carbocycles. The third-order valence-electron chi connectivity index (χ3n) is 9.34. The molecule has 13 heteroatoms. The van der Waals surface area contributed by atoms with Gasteiger partial charge in [0.2, 0.25) is 0 Å². The van der Waals surface area contributed by atoms with Crippen LogP contribution in [0.3, 0.4) is 0 Å². The van der Waals surface area contributed by atoms with Gasteiger partial charge in [0, 0.05) is 12.8 Å². The minimum Gasteiger partial charge on any atom is -0.480 e. The van der Waals surface area contributed by atoms with Crippen LogP contribution >= 0.6 is 7.82 Å². The number of unbranched alkanes of at least 4 members (excludes halogenated alkanes) is 16. The third kappa shape index (κ3) is 40.3. The highest BCUT2D eigenvalue weighted by Gasteiger charge is 2.28. The first-order chi connectivity index (χ1) is 28.5. The van der Waals surface area contributed by atoms with E-state index in [0.29, 0.717) is 19.3 Å². The van der Waals surface area contributed by atoms with Gasteiger partial charge in [-0.2, -0.15) is 0 Å². The first-order valence-corrected chi connectivity index (χ1v) is 23.9. The van der Waals surface area contributed by atoms with Crippen LogP contribution in [0, 0.1) is 0 Å². The molecular weight excluding hydrogens is 773 g/mol. The topological polar surface area (TPSA) is 192 Å². The summed E-state index contributed by atoms with van der Waals surface area (Å²) in [5.41, 5.74) is 5.33. The summed E-state index contributed by atoms with van der Waals surface area (Å²) < 4.78 is 32.6. The average Bonchev–Trinajstić information content (AvgIpc) is 3.20. The van der Waals surface area contributed by atoms with E-state index in [1.165, 1.54) is 57.8 Å². The van der Waals surface area contributed by atoms with Gasteiger partial charge in [0.05, 0.1) is 19.3 Å². The number of aliphatic hydroxyl groups excluding tert-OH is 1. The number of ether oxygens (including phenoxy) is 2. The Bertz CT molecular complexity index is 1250. The lowest BCUT2D eigenvalue weighted by molar-refractivity contribution is -0.161. The van der Waals surface area contributed by atoms with Crippen LogP contribution < -0.4 is 5.73 Å². The average molecular weight is 854 g/mol. The van der Waals surface area contributed by atoms with Crippen molar-refractivity contribution in [3.8, 4) is 0 Å². The molecule has 0 aliphatic heterocycles. The van der Waals surface area contributed by atoms with E-state index in [0.717, 1.165) is 70.6 Å². The Hall–Kier alpha value is -2.86. The molecule has 4 atom stereocenters. The summed E-state index contributed by atoms with van der Waals surface area (Å²) in [6, 6.07) is -1.54. The van der Waals surface area contributed by atoms with Crippen molar-refractivity contribution in [3.63, 3.8) is 0 Å². The molecule has 1 unspecified atom stereocenters. The summed E-state index contributed by atoms with van der Waals surface area (Å²) in [6.07, 6.45) is 43.3. The predicted molar refractivity (Wildman–Crippen MR) is 237 cm³/mol. The normalized spacial score (nSPS) is 14.8. The minimum atomic E-state index is -4.74. The van der Waals surface area contributed by atoms with Crippen molar-refractivity contribution in [2.75, 3.05) is 19.8 Å². The molecule has 0 radical (unpaired) electrons. The van der Waals surface area contributed by atoms with Crippen molar-refractivity contribution in [1.29, 1.82) is 0 Å². The van der Waals surface area contributed by atoms with Crippen LogP contribution in [0.2, 0.25) is 0 Å². The Morgan fingerprint density at radius 2 is 1.12 bits per heavy atom. The van der Waals surface area contributed by atoms with E-state index in [-0.39, 0.29) is 12.8 Å². The van der Waals surface area contributed by atoms with Crippen LogP contribution in [-0.2, 0) is 37.5 Å². The van der Waals surface area contributed by atoms with E-state index >= 15 is 0 Å². The largest absolute Gasteiger partial charge is 0.480 e. The number of carbonyl (C=O) groups excluding carboxylic acids is 2. The molecule has 340 valence electrons. The second-order valence-electron chi connectivity index (χ2n) is 15.0. The Balaban J connectivity index is 4.49. The summed E-state index contributed by atoms with van der Waals surface area (Å²) in [5, 5.41) is 18.8. The highest BCUT2D eigenvalue weighted by atomic mass is 31.2. The van der Waals surface area contributed by atoms with Gasteiger partial charge in [0.25, 0.3) is 0 Å². The number of carboxylic acids is 1. The Morgan fingerprint density at radius 3 is 1.76 bits per heavy atom. The monoisotopic (exact) mass is 854 g/mol. The SMILES string of the molecule is CCCCCCCC/C=C\CCCCCCCCCC(=O)O[C@H](COC(=O)CCC/C=C\C/C=C\C/C=C\C=C\[C@H](O)CCCCC)COP(=O)(O)OC[C@H](N)C(=O)O. The molecule has 59 heavy (non-hydrogen) atoms. The number of nitrogens with two attached hydrogens (primary N) is 1. The zero-order valence-electron chi connectivity index (χ0n) is 36.4. The fourth-order valence-electron chi connectivity index (χ4n) is 5.75. The van der Waals surface area contributed by atoms with Crippen LogP contribution in [0.4, 0.5) is 0 Å². The highest BCUT2D eigenvalue weighted by Crippen LogP contribution is 2.43. The number of carboxylic acid groups (broad SMARTS) is 1. The maximum atomic E-state index is 12.6. The van der Waals surface area contributed by atoms with Gasteiger partial charge in [-0.1, -0.05) is 158 Å². The number of esters is 2. The number of phosphoric acid groups is 1. The summed E-state index contributed by atoms with van der Waals surface area (Å²) in [7, 11) is -4.74. The van der Waals surface area contributed by atoms with Gasteiger partial charge in [-0.15, -0.1) is 0 Å². The molecule has 0 aliphatic rings. The molecule has 0 fully saturated rings. The van der Waals surface area contributed by atoms with Gasteiger partial charge in [-0.3, -0.25) is 23.4 Å². The van der Waals surface area contributed by atoms with Crippen LogP contribution in [0.5, 0.6) is 0 Å². The molecule has 0 bridgehead atoms. The summed E-state index contributed by atoms with van der Waals surface area (Å²) >= 11 is 0. The minimum absolute atomic E-state index is 0.123. The fourth-order valence-corrected chi connectivity index (χ4v) is 6.53. The van der Waals surface area contributed by atoms with Gasteiger partial charge in [0.1, 0.15) is 12.6 Å². The van der Waals surface area contributed by atoms with E-state index in [1.54, 1.807) is 0 Å². The molecule has 0 aromatic carbocycles. The van der Waals surface area contributed by atoms with Gasteiger partial charge in [-0.25, -0.2) is 4.57 Å². The lowest BCUT2D eigenvalue weighted by atomic mass is 10.1. The molecule has 0 amide bonds. The zero-order valence-corrected chi connectivity index (χ0v) is 37.3. The number of phosphoric ester groups is 1. The first-order valence-electron chi connectivity index (χ1n) is 22.4. The molecule has 0 aromatic rings. The van der Waals surface area contributed by atoms with Crippen LogP contribution in [0.15, 0.2) is 60.8 Å². The van der Waals surface area contributed by atoms with Gasteiger partial charge in [-0.05, 0) is 64.2 Å². The molecular formula is C46H80NO11P. The van der Waals surface area contributed by atoms with Crippen LogP contribution in [0.1, 0.15) is 174 Å². The summed E-state index contributed by atoms with van der Waals surface area (Å²) in [5.74, 6) is -2.49. The maximum absolute atomic E-state index is 12.6. The number of allylic oxidation sites excluding steroid dienone is 9. The van der Waals surface area contributed by atoms with E-state index < -0.39 is 63.8 Å². The molecule has 0 spiro atoms. The number of rotatable bonds is 41. The Morgan fingerprint density at radius 1 is 0.610 bits per heavy atom. The number of aliphatic carboxylic acids is 1. The highest BCUT2D eigenvalue weighted by molar-refractivity contribution is 7.47. The van der Waals surface area contributed by atoms with Crippen molar-refractivity contribution < 1.29 is 52.6 Å². The van der Waals surface area contributed by atoms with E-state index in [2.05, 4.69) is 42.7 Å². The van der Waals surface area contributed by atoms with Crippen LogP contribution in [-0.4, -0.2) is 71.1 Å². The standard InChI is InChI=1S/C46H80NO11P/c1-3-5-7-8-9-10-11-12-13-14-15-16-19-23-26-29-33-37-45(50)58-42(39-56-59(53,54)57-40-43(47)46(51)52)38-55-44(49)36-32-28-25-22-20-17-18-21-24-27-31-35-41(48)34-30-6-4-2/h12-13,17-18,22,24-25,27,31,35,41-43,48H,3-11,14-16,19-21,23,26,28-30,32-34,36-40,47H2,1-2H3,(H,51,52)(H,53,54)/b13-12-,18-17-,25-22-,27-24-,35-31+/t41-,42-,43+/m1/s1. The first kappa shape index (κ1) is 56.1. The maximum Gasteiger partial charge on any atom is 0.472 e. The molecule has 0 heterocycles. The lowest BCUT2D eigenvalue weighted by Crippen LogP contribution is -2.34. The van der Waals surface area contributed by atoms with Gasteiger partial charge in [0.15, 0.2) is 6.10 Å². The number of aliphatic hydroxyl groups is 1. The van der Waals surface area contributed by atoms with Crippen molar-refractivity contribution in [2.45, 2.75) is 193 Å². The van der Waals surface area contributed by atoms with Crippen molar-refractivity contribution in [2.24, 2.45) is 5.73 Å². The number of hydrogen-bond donors (Lipinski definition) is 4. The van der Waals surface area contributed by atoms with Crippen molar-refractivity contribution in [1.82, 2.24) is 0 Å². The summed E-state index contributed by atoms with van der Waals surface area (Å²) in [6.45, 7) is 2.60. The smallest absolute Gasteiger partial charge is 0.472 e. The van der Waals surface area contributed by atoms with E-state index in [9.17, 15) is 28.9 Å². The van der Waals surface area contributed by atoms with Crippen molar-refractivity contribution >= 4 is 25.7 Å². The Labute approximate surface area is 356 Å². The zero-order chi connectivity index (χ0) is 43.7. The van der Waals surface area contributed by atoms with Crippen LogP contribution in [0.25, 0.3) is 0 Å². The molecule has 5 N–H and O–H groups in total. The second kappa shape index (κ2) is 40.5. The second-order valence-corrected chi connectivity index (χ2v) is 16.5. The number of hydrogen-bond acceptors (Lipinski definition) is 10. The van der Waals surface area contributed by atoms with Crippen molar-refractivity contribution in [3.05, 3.63) is 60.8 Å². The molecule has 0 saturated heterocycles. The molecule has 0 rings (SSSR count). The van der Waals surface area contributed by atoms with E-state index in [4.69, 9.17) is 24.8 Å². The van der Waals surface area contributed by atoms with E-state index in [1.807, 2.05) is 36.5 Å². The van der Waals surface area contributed by atoms with Gasteiger partial charge < -0.3 is 30.3 Å². The quantitative estimate of drug-likeness (QED) is 0.0150. The lowest BCUT2D eigenvalue weighted by Gasteiger charge is -2.20. The molecule has 0 aromatic heterocycles. The predicted octanol–water partition coefficient (Wildman–Crippen LogP) is 10.9. The summed E-state index contributed by atoms with van der Waals surface area (Å²) in [4.78, 5) is 46.0. The Kier molecular flexibility index (Phi) is 38.6. The molecule has 0 saturated carbocycles. The van der Waals surface area contributed by atoms with Gasteiger partial charge >= 0.3 is 25.7 Å². The fraction of sp³-hybridized carbons (Fsp3) is 0.717. The number of carbonyl (C=O) groups is 3. The molecule has 12 nitrogen and oxygen atoms in total. The third-order valence-corrected chi connectivity index (χ3v) is 10.3.